The number of aliphatic imine (C=N–C) groups is 1. The van der Waals surface area contributed by atoms with Gasteiger partial charge in [-0.25, -0.2) is 0 Å². The van der Waals surface area contributed by atoms with Gasteiger partial charge in [-0.05, 0) is 29.2 Å². The second-order valence-electron chi connectivity index (χ2n) is 6.06. The Hall–Kier alpha value is -2.69. The monoisotopic (exact) mass is 298 g/mol. The molecule has 0 heterocycles. The van der Waals surface area contributed by atoms with Gasteiger partial charge < -0.3 is 5.11 Å². The van der Waals surface area contributed by atoms with Gasteiger partial charge >= 0.3 is 0 Å². The number of aromatic hydroxyl groups is 1. The standard InChI is InChI=1S/C17H18N2O3/c1-17(2,3)13-4-6-14(7-5-13)18-11-12-10-15(19(21)22)8-9-16(12)20/h4-11,20H,1-3H3. The summed E-state index contributed by atoms with van der Waals surface area (Å²) in [4.78, 5) is 14.5. The van der Waals surface area contributed by atoms with Crippen LogP contribution in [0.15, 0.2) is 47.5 Å². The van der Waals surface area contributed by atoms with Crippen LogP contribution in [0.2, 0.25) is 0 Å². The smallest absolute Gasteiger partial charge is 0.270 e. The molecule has 0 aromatic heterocycles. The van der Waals surface area contributed by atoms with Crippen LogP contribution < -0.4 is 0 Å². The molecule has 2 aromatic rings. The first-order valence-corrected chi connectivity index (χ1v) is 6.89. The average Bonchev–Trinajstić information content (AvgIpc) is 2.45. The molecule has 0 spiro atoms. The fourth-order valence-corrected chi connectivity index (χ4v) is 1.95. The summed E-state index contributed by atoms with van der Waals surface area (Å²) in [6.45, 7) is 6.39. The number of hydrogen-bond acceptors (Lipinski definition) is 4. The third-order valence-corrected chi connectivity index (χ3v) is 3.31. The second kappa shape index (κ2) is 5.97. The Morgan fingerprint density at radius 1 is 1.14 bits per heavy atom. The minimum atomic E-state index is -0.505. The van der Waals surface area contributed by atoms with Crippen LogP contribution in [-0.4, -0.2) is 16.2 Å². The van der Waals surface area contributed by atoms with Crippen molar-refractivity contribution >= 4 is 17.6 Å². The van der Waals surface area contributed by atoms with E-state index in [4.69, 9.17) is 0 Å². The molecule has 0 bridgehead atoms. The van der Waals surface area contributed by atoms with Gasteiger partial charge in [0.15, 0.2) is 0 Å². The number of non-ortho nitro benzene ring substituents is 1. The van der Waals surface area contributed by atoms with Gasteiger partial charge in [0.05, 0.1) is 10.6 Å². The molecule has 0 fully saturated rings. The van der Waals surface area contributed by atoms with Crippen LogP contribution in [-0.2, 0) is 5.41 Å². The van der Waals surface area contributed by atoms with Crippen LogP contribution >= 0.6 is 0 Å². The molecule has 0 amide bonds. The summed E-state index contributed by atoms with van der Waals surface area (Å²) in [5.41, 5.74) is 2.22. The van der Waals surface area contributed by atoms with E-state index in [1.54, 1.807) is 0 Å². The minimum Gasteiger partial charge on any atom is -0.507 e. The first kappa shape index (κ1) is 15.7. The van der Waals surface area contributed by atoms with Crippen LogP contribution in [0.5, 0.6) is 5.75 Å². The Morgan fingerprint density at radius 3 is 2.32 bits per heavy atom. The Bertz CT molecular complexity index is 714. The molecule has 0 atom stereocenters. The molecule has 0 saturated carbocycles. The van der Waals surface area contributed by atoms with Gasteiger partial charge in [-0.1, -0.05) is 32.9 Å². The quantitative estimate of drug-likeness (QED) is 0.520. The molecule has 5 nitrogen and oxygen atoms in total. The summed E-state index contributed by atoms with van der Waals surface area (Å²) < 4.78 is 0. The van der Waals surface area contributed by atoms with Gasteiger partial charge in [-0.15, -0.1) is 0 Å². The molecule has 1 N–H and O–H groups in total. The van der Waals surface area contributed by atoms with E-state index in [1.165, 1.54) is 30.0 Å². The summed E-state index contributed by atoms with van der Waals surface area (Å²) in [7, 11) is 0. The van der Waals surface area contributed by atoms with Gasteiger partial charge in [0, 0.05) is 23.9 Å². The lowest BCUT2D eigenvalue weighted by Crippen LogP contribution is -2.10. The molecule has 0 saturated heterocycles. The number of nitrogens with zero attached hydrogens (tertiary/aromatic N) is 2. The lowest BCUT2D eigenvalue weighted by molar-refractivity contribution is -0.384. The number of nitro benzene ring substituents is 1. The highest BCUT2D eigenvalue weighted by atomic mass is 16.6. The number of phenolic OH excluding ortho intramolecular Hbond substituents is 1. The van der Waals surface area contributed by atoms with Crippen LogP contribution in [0.1, 0.15) is 31.9 Å². The van der Waals surface area contributed by atoms with Crippen molar-refractivity contribution in [2.45, 2.75) is 26.2 Å². The Balaban J connectivity index is 2.25. The molecule has 114 valence electrons. The molecule has 0 aliphatic carbocycles. The molecular formula is C17H18N2O3. The minimum absolute atomic E-state index is 0.0411. The molecule has 0 radical (unpaired) electrons. The highest BCUT2D eigenvalue weighted by molar-refractivity contribution is 5.86. The molecule has 0 unspecified atom stereocenters. The Morgan fingerprint density at radius 2 is 1.77 bits per heavy atom. The van der Waals surface area contributed by atoms with E-state index in [1.807, 2.05) is 24.3 Å². The van der Waals surface area contributed by atoms with Crippen molar-refractivity contribution in [3.63, 3.8) is 0 Å². The zero-order chi connectivity index (χ0) is 16.3. The Kier molecular flexibility index (Phi) is 4.26. The second-order valence-corrected chi connectivity index (χ2v) is 6.06. The van der Waals surface area contributed by atoms with E-state index >= 15 is 0 Å². The van der Waals surface area contributed by atoms with Crippen molar-refractivity contribution in [2.24, 2.45) is 4.99 Å². The summed E-state index contributed by atoms with van der Waals surface area (Å²) in [6, 6.07) is 11.6. The largest absolute Gasteiger partial charge is 0.507 e. The normalized spacial score (nSPS) is 11.8. The highest BCUT2D eigenvalue weighted by Crippen LogP contribution is 2.25. The fraction of sp³-hybridized carbons (Fsp3) is 0.235. The van der Waals surface area contributed by atoms with E-state index in [-0.39, 0.29) is 16.9 Å². The number of phenols is 1. The van der Waals surface area contributed by atoms with E-state index in [0.717, 1.165) is 5.69 Å². The van der Waals surface area contributed by atoms with Crippen LogP contribution in [0, 0.1) is 10.1 Å². The molecule has 0 aliphatic heterocycles. The maximum absolute atomic E-state index is 10.7. The summed E-state index contributed by atoms with van der Waals surface area (Å²) in [5, 5.41) is 20.5. The maximum Gasteiger partial charge on any atom is 0.270 e. The van der Waals surface area contributed by atoms with Crippen molar-refractivity contribution in [3.05, 3.63) is 63.7 Å². The van der Waals surface area contributed by atoms with Gasteiger partial charge in [0.2, 0.25) is 0 Å². The fourth-order valence-electron chi connectivity index (χ4n) is 1.95. The van der Waals surface area contributed by atoms with Gasteiger partial charge in [-0.3, -0.25) is 15.1 Å². The predicted molar refractivity (Wildman–Crippen MR) is 87.2 cm³/mol. The van der Waals surface area contributed by atoms with Crippen molar-refractivity contribution in [1.29, 1.82) is 0 Å². The van der Waals surface area contributed by atoms with Crippen LogP contribution in [0.4, 0.5) is 11.4 Å². The molecular weight excluding hydrogens is 280 g/mol. The molecule has 0 aliphatic rings. The van der Waals surface area contributed by atoms with E-state index < -0.39 is 4.92 Å². The lowest BCUT2D eigenvalue weighted by atomic mass is 9.87. The highest BCUT2D eigenvalue weighted by Gasteiger charge is 2.12. The summed E-state index contributed by atoms with van der Waals surface area (Å²) in [5.74, 6) is -0.0411. The first-order valence-electron chi connectivity index (χ1n) is 6.89. The molecule has 2 aromatic carbocycles. The first-order chi connectivity index (χ1) is 10.3. The van der Waals surface area contributed by atoms with E-state index in [9.17, 15) is 15.2 Å². The number of benzene rings is 2. The lowest BCUT2D eigenvalue weighted by Gasteiger charge is -2.18. The van der Waals surface area contributed by atoms with E-state index in [0.29, 0.717) is 5.56 Å². The summed E-state index contributed by atoms with van der Waals surface area (Å²) in [6.07, 6.45) is 1.43. The third-order valence-electron chi connectivity index (χ3n) is 3.31. The van der Waals surface area contributed by atoms with Crippen LogP contribution in [0.25, 0.3) is 0 Å². The zero-order valence-corrected chi connectivity index (χ0v) is 12.8. The van der Waals surface area contributed by atoms with Crippen molar-refractivity contribution < 1.29 is 10.0 Å². The van der Waals surface area contributed by atoms with E-state index in [2.05, 4.69) is 25.8 Å². The predicted octanol–water partition coefficient (Wildman–Crippen LogP) is 4.35. The topological polar surface area (TPSA) is 75.7 Å². The zero-order valence-electron chi connectivity index (χ0n) is 12.8. The number of hydrogen-bond donors (Lipinski definition) is 1. The maximum atomic E-state index is 10.7. The SMILES string of the molecule is CC(C)(C)c1ccc(N=Cc2cc([N+](=O)[O-])ccc2O)cc1. The van der Waals surface area contributed by atoms with Crippen molar-refractivity contribution in [3.8, 4) is 5.75 Å². The van der Waals surface area contributed by atoms with Gasteiger partial charge in [0.1, 0.15) is 5.75 Å². The average molecular weight is 298 g/mol. The number of nitro groups is 1. The third kappa shape index (κ3) is 3.69. The van der Waals surface area contributed by atoms with Crippen LogP contribution in [0.3, 0.4) is 0 Å². The Labute approximate surface area is 129 Å². The number of rotatable bonds is 3. The van der Waals surface area contributed by atoms with Gasteiger partial charge in [-0.2, -0.15) is 0 Å². The molecule has 22 heavy (non-hydrogen) atoms. The molecule has 2 rings (SSSR count). The van der Waals surface area contributed by atoms with Gasteiger partial charge in [0.25, 0.3) is 5.69 Å². The van der Waals surface area contributed by atoms with Crippen molar-refractivity contribution in [1.82, 2.24) is 0 Å². The van der Waals surface area contributed by atoms with Crippen molar-refractivity contribution in [2.75, 3.05) is 0 Å². The molecule has 5 heteroatoms. The summed E-state index contributed by atoms with van der Waals surface area (Å²) >= 11 is 0.